The predicted octanol–water partition coefficient (Wildman–Crippen LogP) is 4.19. The van der Waals surface area contributed by atoms with Crippen LogP contribution in [0.15, 0.2) is 53.3 Å². The molecule has 0 bridgehead atoms. The number of hydrogen-bond acceptors (Lipinski definition) is 5. The summed E-state index contributed by atoms with van der Waals surface area (Å²) in [6, 6.07) is 14.6. The molecule has 2 aromatic heterocycles. The number of methoxy groups -OCH3 is 1. The van der Waals surface area contributed by atoms with Crippen molar-refractivity contribution in [1.29, 1.82) is 0 Å². The second-order valence-electron chi connectivity index (χ2n) is 6.93. The lowest BCUT2D eigenvalue weighted by Gasteiger charge is -2.10. The summed E-state index contributed by atoms with van der Waals surface area (Å²) in [4.78, 5) is 8.73. The molecule has 2 heterocycles. The standard InChI is InChI=1S/C21H18BrN5O/c1-28-17-10-14(6-7-16(17)22)19-18-20(23)24-11-25-21(18)27(26-19)15-8-12-4-2-3-5-13(12)9-15/h2-7,10-11,15H,8-9H2,1H3,(H2,23,24,25). The summed E-state index contributed by atoms with van der Waals surface area (Å²) >= 11 is 3.50. The summed E-state index contributed by atoms with van der Waals surface area (Å²) in [6.07, 6.45) is 3.36. The molecule has 2 N–H and O–H groups in total. The predicted molar refractivity (Wildman–Crippen MR) is 112 cm³/mol. The molecule has 0 saturated carbocycles. The molecule has 0 amide bonds. The lowest BCUT2D eigenvalue weighted by atomic mass is 10.1. The van der Waals surface area contributed by atoms with Crippen LogP contribution >= 0.6 is 15.9 Å². The van der Waals surface area contributed by atoms with Gasteiger partial charge in [0.05, 0.1) is 23.0 Å². The molecule has 0 fully saturated rings. The molecule has 0 unspecified atom stereocenters. The fourth-order valence-electron chi connectivity index (χ4n) is 3.97. The average Bonchev–Trinajstić information content (AvgIpc) is 3.30. The van der Waals surface area contributed by atoms with Crippen LogP contribution in [0.25, 0.3) is 22.3 Å². The van der Waals surface area contributed by atoms with Crippen molar-refractivity contribution in [3.63, 3.8) is 0 Å². The minimum atomic E-state index is 0.209. The third-order valence-electron chi connectivity index (χ3n) is 5.32. The summed E-state index contributed by atoms with van der Waals surface area (Å²) in [6.45, 7) is 0. The van der Waals surface area contributed by atoms with Crippen LogP contribution in [0.5, 0.6) is 5.75 Å². The first-order valence-corrected chi connectivity index (χ1v) is 9.84. The first kappa shape index (κ1) is 17.2. The van der Waals surface area contributed by atoms with Crippen molar-refractivity contribution >= 4 is 32.8 Å². The molecule has 7 heteroatoms. The minimum absolute atomic E-state index is 0.209. The topological polar surface area (TPSA) is 78.8 Å². The largest absolute Gasteiger partial charge is 0.496 e. The Kier molecular flexibility index (Phi) is 4.05. The summed E-state index contributed by atoms with van der Waals surface area (Å²) in [5, 5.41) is 5.73. The van der Waals surface area contributed by atoms with E-state index in [2.05, 4.69) is 50.2 Å². The molecule has 6 nitrogen and oxygen atoms in total. The third-order valence-corrected chi connectivity index (χ3v) is 5.97. The number of nitrogens with two attached hydrogens (primary N) is 1. The van der Waals surface area contributed by atoms with E-state index in [-0.39, 0.29) is 6.04 Å². The number of halogens is 1. The Morgan fingerprint density at radius 3 is 2.57 bits per heavy atom. The number of nitrogens with zero attached hydrogens (tertiary/aromatic N) is 4. The maximum Gasteiger partial charge on any atom is 0.164 e. The zero-order chi connectivity index (χ0) is 19.3. The molecule has 0 atom stereocenters. The second kappa shape index (κ2) is 6.60. The molecule has 0 aliphatic heterocycles. The van der Waals surface area contributed by atoms with Crippen LogP contribution in [-0.4, -0.2) is 26.9 Å². The molecule has 28 heavy (non-hydrogen) atoms. The van der Waals surface area contributed by atoms with Gasteiger partial charge in [0, 0.05) is 5.56 Å². The molecule has 0 radical (unpaired) electrons. The van der Waals surface area contributed by atoms with Crippen molar-refractivity contribution in [1.82, 2.24) is 19.7 Å². The molecule has 1 aliphatic rings. The summed E-state index contributed by atoms with van der Waals surface area (Å²) in [5.74, 6) is 1.17. The van der Waals surface area contributed by atoms with Crippen LogP contribution in [0.2, 0.25) is 0 Å². The molecule has 140 valence electrons. The molecule has 0 spiro atoms. The maximum atomic E-state index is 6.25. The first-order valence-electron chi connectivity index (χ1n) is 9.05. The normalized spacial score (nSPS) is 13.8. The smallest absolute Gasteiger partial charge is 0.164 e. The van der Waals surface area contributed by atoms with Crippen molar-refractivity contribution in [3.05, 3.63) is 64.4 Å². The van der Waals surface area contributed by atoms with E-state index in [0.29, 0.717) is 5.82 Å². The number of ether oxygens (including phenoxy) is 1. The van der Waals surface area contributed by atoms with Gasteiger partial charge >= 0.3 is 0 Å². The van der Waals surface area contributed by atoms with E-state index >= 15 is 0 Å². The Morgan fingerprint density at radius 1 is 1.11 bits per heavy atom. The lowest BCUT2D eigenvalue weighted by molar-refractivity contribution is 0.412. The quantitative estimate of drug-likeness (QED) is 0.521. The maximum absolute atomic E-state index is 6.25. The van der Waals surface area contributed by atoms with Gasteiger partial charge in [-0.1, -0.05) is 30.3 Å². The van der Waals surface area contributed by atoms with E-state index in [9.17, 15) is 0 Å². The Morgan fingerprint density at radius 2 is 1.86 bits per heavy atom. The molecule has 5 rings (SSSR count). The number of fused-ring (bicyclic) bond motifs is 2. The lowest BCUT2D eigenvalue weighted by Crippen LogP contribution is -2.11. The van der Waals surface area contributed by atoms with Gasteiger partial charge in [0.1, 0.15) is 23.6 Å². The van der Waals surface area contributed by atoms with Gasteiger partial charge in [0.15, 0.2) is 5.65 Å². The third kappa shape index (κ3) is 2.65. The number of anilines is 1. The summed E-state index contributed by atoms with van der Waals surface area (Å²) in [5.41, 5.74) is 11.4. The average molecular weight is 436 g/mol. The molecule has 4 aromatic rings. The number of aromatic nitrogens is 4. The van der Waals surface area contributed by atoms with E-state index in [1.807, 2.05) is 22.9 Å². The van der Waals surface area contributed by atoms with Crippen LogP contribution in [0, 0.1) is 0 Å². The Hall–Kier alpha value is -2.93. The highest BCUT2D eigenvalue weighted by molar-refractivity contribution is 9.10. The Labute approximate surface area is 170 Å². The monoisotopic (exact) mass is 435 g/mol. The first-order chi connectivity index (χ1) is 13.7. The van der Waals surface area contributed by atoms with Gasteiger partial charge in [-0.2, -0.15) is 5.10 Å². The number of rotatable bonds is 3. The highest BCUT2D eigenvalue weighted by Gasteiger charge is 2.27. The van der Waals surface area contributed by atoms with Gasteiger partial charge < -0.3 is 10.5 Å². The van der Waals surface area contributed by atoms with Gasteiger partial charge in [-0.3, -0.25) is 0 Å². The summed E-state index contributed by atoms with van der Waals surface area (Å²) < 4.78 is 8.35. The Bertz CT molecular complexity index is 1180. The van der Waals surface area contributed by atoms with E-state index in [0.717, 1.165) is 45.4 Å². The van der Waals surface area contributed by atoms with Crippen molar-refractivity contribution in [2.75, 3.05) is 12.8 Å². The summed E-state index contributed by atoms with van der Waals surface area (Å²) in [7, 11) is 1.65. The Balaban J connectivity index is 1.68. The van der Waals surface area contributed by atoms with Crippen molar-refractivity contribution < 1.29 is 4.74 Å². The zero-order valence-corrected chi connectivity index (χ0v) is 16.8. The molecular weight excluding hydrogens is 418 g/mol. The molecule has 0 saturated heterocycles. The highest BCUT2D eigenvalue weighted by atomic mass is 79.9. The minimum Gasteiger partial charge on any atom is -0.496 e. The molecule has 1 aliphatic carbocycles. The molecule has 2 aromatic carbocycles. The number of nitrogen functional groups attached to an aromatic ring is 1. The van der Waals surface area contributed by atoms with Crippen molar-refractivity contribution in [3.8, 4) is 17.0 Å². The van der Waals surface area contributed by atoms with Crippen molar-refractivity contribution in [2.45, 2.75) is 18.9 Å². The van der Waals surface area contributed by atoms with Crippen LogP contribution < -0.4 is 10.5 Å². The van der Waals surface area contributed by atoms with Crippen LogP contribution in [0.1, 0.15) is 17.2 Å². The van der Waals surface area contributed by atoms with E-state index < -0.39 is 0 Å². The molecular formula is C21H18BrN5O. The van der Waals surface area contributed by atoms with E-state index in [1.165, 1.54) is 17.5 Å². The number of benzene rings is 2. The van der Waals surface area contributed by atoms with Crippen molar-refractivity contribution in [2.24, 2.45) is 0 Å². The van der Waals surface area contributed by atoms with E-state index in [1.54, 1.807) is 7.11 Å². The van der Waals surface area contributed by atoms with Crippen LogP contribution in [-0.2, 0) is 12.8 Å². The fraction of sp³-hybridized carbons (Fsp3) is 0.190. The number of hydrogen-bond donors (Lipinski definition) is 1. The fourth-order valence-corrected chi connectivity index (χ4v) is 4.38. The van der Waals surface area contributed by atoms with Gasteiger partial charge in [0.25, 0.3) is 0 Å². The van der Waals surface area contributed by atoms with Gasteiger partial charge in [0.2, 0.25) is 0 Å². The second-order valence-corrected chi connectivity index (χ2v) is 7.79. The van der Waals surface area contributed by atoms with Crippen LogP contribution in [0.4, 0.5) is 5.82 Å². The zero-order valence-electron chi connectivity index (χ0n) is 15.3. The SMILES string of the molecule is COc1cc(-c2nn(C3Cc4ccccc4C3)c3ncnc(N)c23)ccc1Br. The van der Waals surface area contributed by atoms with Gasteiger partial charge in [-0.05, 0) is 52.0 Å². The van der Waals surface area contributed by atoms with Gasteiger partial charge in [-0.15, -0.1) is 0 Å². The highest BCUT2D eigenvalue weighted by Crippen LogP contribution is 2.38. The van der Waals surface area contributed by atoms with Crippen LogP contribution in [0.3, 0.4) is 0 Å². The van der Waals surface area contributed by atoms with E-state index in [4.69, 9.17) is 15.6 Å². The van der Waals surface area contributed by atoms with Gasteiger partial charge in [-0.25, -0.2) is 14.6 Å².